The van der Waals surface area contributed by atoms with E-state index in [9.17, 15) is 0 Å². The lowest BCUT2D eigenvalue weighted by Crippen LogP contribution is -2.48. The number of oxime groups is 1. The second-order valence-electron chi connectivity index (χ2n) is 4.59. The number of nitrogens with two attached hydrogens (primary N) is 1. The first kappa shape index (κ1) is 15.1. The van der Waals surface area contributed by atoms with Crippen LogP contribution in [0.5, 0.6) is 5.75 Å². The summed E-state index contributed by atoms with van der Waals surface area (Å²) in [6, 6.07) is 5.99. The fraction of sp³-hybridized carbons (Fsp3) is 0.462. The van der Waals surface area contributed by atoms with Gasteiger partial charge >= 0.3 is 0 Å². The van der Waals surface area contributed by atoms with Crippen LogP contribution >= 0.6 is 15.9 Å². The number of nitrogens with zero attached hydrogens (tertiary/aromatic N) is 2. The normalized spacial score (nSPS) is 20.9. The highest BCUT2D eigenvalue weighted by molar-refractivity contribution is 9.10. The zero-order chi connectivity index (χ0) is 14.5. The molecular formula is C13H18BrN3O3. The van der Waals surface area contributed by atoms with E-state index in [4.69, 9.17) is 20.4 Å². The highest BCUT2D eigenvalue weighted by Crippen LogP contribution is 2.26. The average Bonchev–Trinajstić information content (AvgIpc) is 2.47. The molecule has 1 aliphatic rings. The molecule has 0 aliphatic carbocycles. The minimum Gasteiger partial charge on any atom is -0.496 e. The third-order valence-electron chi connectivity index (χ3n) is 3.22. The van der Waals surface area contributed by atoms with Gasteiger partial charge in [0.25, 0.3) is 0 Å². The third-order valence-corrected chi connectivity index (χ3v) is 3.84. The molecule has 1 unspecified atom stereocenters. The van der Waals surface area contributed by atoms with Gasteiger partial charge in [0, 0.05) is 19.6 Å². The molecule has 1 aromatic rings. The summed E-state index contributed by atoms with van der Waals surface area (Å²) in [5, 5.41) is 11.7. The molecule has 1 heterocycles. The van der Waals surface area contributed by atoms with Crippen LogP contribution in [0.2, 0.25) is 0 Å². The molecule has 0 aromatic heterocycles. The molecule has 0 radical (unpaired) electrons. The second-order valence-corrected chi connectivity index (χ2v) is 5.44. The van der Waals surface area contributed by atoms with Crippen LogP contribution < -0.4 is 10.5 Å². The highest BCUT2D eigenvalue weighted by atomic mass is 79.9. The first-order valence-electron chi connectivity index (χ1n) is 6.28. The molecular weight excluding hydrogens is 326 g/mol. The van der Waals surface area contributed by atoms with E-state index in [2.05, 4.69) is 26.0 Å². The Labute approximate surface area is 126 Å². The number of benzene rings is 1. The molecule has 110 valence electrons. The number of amidine groups is 1. The minimum absolute atomic E-state index is 0.116. The van der Waals surface area contributed by atoms with Gasteiger partial charge in [0.15, 0.2) is 5.84 Å². The largest absolute Gasteiger partial charge is 0.496 e. The third kappa shape index (κ3) is 3.62. The van der Waals surface area contributed by atoms with Crippen LogP contribution in [0.4, 0.5) is 0 Å². The monoisotopic (exact) mass is 343 g/mol. The number of morpholine rings is 1. The maximum atomic E-state index is 8.70. The summed E-state index contributed by atoms with van der Waals surface area (Å²) in [5.74, 6) is 0.927. The van der Waals surface area contributed by atoms with Crippen molar-refractivity contribution in [1.29, 1.82) is 0 Å². The summed E-state index contributed by atoms with van der Waals surface area (Å²) in [7, 11) is 1.64. The molecule has 0 bridgehead atoms. The van der Waals surface area contributed by atoms with Crippen molar-refractivity contribution in [1.82, 2.24) is 4.90 Å². The van der Waals surface area contributed by atoms with E-state index >= 15 is 0 Å². The summed E-state index contributed by atoms with van der Waals surface area (Å²) < 4.78 is 11.6. The van der Waals surface area contributed by atoms with Crippen LogP contribution in [-0.2, 0) is 11.3 Å². The van der Waals surface area contributed by atoms with Gasteiger partial charge in [0.05, 0.1) is 18.2 Å². The van der Waals surface area contributed by atoms with E-state index < -0.39 is 0 Å². The van der Waals surface area contributed by atoms with Gasteiger partial charge in [-0.25, -0.2) is 0 Å². The molecule has 1 saturated heterocycles. The first-order chi connectivity index (χ1) is 9.63. The van der Waals surface area contributed by atoms with Crippen LogP contribution in [-0.4, -0.2) is 48.9 Å². The van der Waals surface area contributed by atoms with Crippen molar-refractivity contribution >= 4 is 21.8 Å². The summed E-state index contributed by atoms with van der Waals surface area (Å²) in [4.78, 5) is 2.21. The molecule has 1 fully saturated rings. The standard InChI is InChI=1S/C13H18BrN3O3/c1-19-11-3-2-9(6-10(11)14)7-17-4-5-20-12(8-17)13(15)16-18/h2-3,6,12,18H,4-5,7-8H2,1H3,(H2,15,16). The first-order valence-corrected chi connectivity index (χ1v) is 7.07. The molecule has 1 aliphatic heterocycles. The van der Waals surface area contributed by atoms with Gasteiger partial charge in [-0.1, -0.05) is 11.2 Å². The van der Waals surface area contributed by atoms with Crippen molar-refractivity contribution < 1.29 is 14.7 Å². The van der Waals surface area contributed by atoms with Gasteiger partial charge in [-0.3, -0.25) is 4.90 Å². The van der Waals surface area contributed by atoms with E-state index in [0.717, 1.165) is 28.9 Å². The van der Waals surface area contributed by atoms with E-state index in [1.165, 1.54) is 0 Å². The SMILES string of the molecule is COc1ccc(CN2CCOC(C(N)=NO)C2)cc1Br. The number of hydrogen-bond donors (Lipinski definition) is 2. The van der Waals surface area contributed by atoms with Crippen molar-refractivity contribution in [2.75, 3.05) is 26.8 Å². The second kappa shape index (κ2) is 6.92. The van der Waals surface area contributed by atoms with Crippen LogP contribution in [0, 0.1) is 0 Å². The Morgan fingerprint density at radius 1 is 1.65 bits per heavy atom. The van der Waals surface area contributed by atoms with Crippen molar-refractivity contribution in [2.24, 2.45) is 10.9 Å². The lowest BCUT2D eigenvalue weighted by Gasteiger charge is -2.32. The molecule has 1 atom stereocenters. The molecule has 3 N–H and O–H groups in total. The zero-order valence-electron chi connectivity index (χ0n) is 11.3. The maximum Gasteiger partial charge on any atom is 0.169 e. The zero-order valence-corrected chi connectivity index (χ0v) is 12.8. The molecule has 1 aromatic carbocycles. The van der Waals surface area contributed by atoms with E-state index in [0.29, 0.717) is 13.2 Å². The fourth-order valence-electron chi connectivity index (χ4n) is 2.16. The molecule has 2 rings (SSSR count). The molecule has 0 saturated carbocycles. The van der Waals surface area contributed by atoms with E-state index in [1.54, 1.807) is 7.11 Å². The van der Waals surface area contributed by atoms with Crippen LogP contribution in [0.25, 0.3) is 0 Å². The lowest BCUT2D eigenvalue weighted by atomic mass is 10.1. The van der Waals surface area contributed by atoms with Gasteiger partial charge in [0.1, 0.15) is 11.9 Å². The molecule has 20 heavy (non-hydrogen) atoms. The Morgan fingerprint density at radius 3 is 3.10 bits per heavy atom. The lowest BCUT2D eigenvalue weighted by molar-refractivity contribution is 0.00140. The Kier molecular flexibility index (Phi) is 5.22. The number of rotatable bonds is 4. The Morgan fingerprint density at radius 2 is 2.45 bits per heavy atom. The average molecular weight is 344 g/mol. The summed E-state index contributed by atoms with van der Waals surface area (Å²) in [5.41, 5.74) is 6.75. The van der Waals surface area contributed by atoms with Crippen molar-refractivity contribution in [3.05, 3.63) is 28.2 Å². The van der Waals surface area contributed by atoms with Crippen molar-refractivity contribution in [2.45, 2.75) is 12.6 Å². The van der Waals surface area contributed by atoms with E-state index in [1.807, 2.05) is 18.2 Å². The number of methoxy groups -OCH3 is 1. The Hall–Kier alpha value is -1.31. The van der Waals surface area contributed by atoms with Gasteiger partial charge < -0.3 is 20.4 Å². The number of halogens is 1. The number of hydrogen-bond acceptors (Lipinski definition) is 5. The van der Waals surface area contributed by atoms with Crippen LogP contribution in [0.3, 0.4) is 0 Å². The Bertz CT molecular complexity index is 496. The van der Waals surface area contributed by atoms with E-state index in [-0.39, 0.29) is 11.9 Å². The minimum atomic E-state index is -0.351. The topological polar surface area (TPSA) is 80.3 Å². The summed E-state index contributed by atoms with van der Waals surface area (Å²) >= 11 is 3.48. The molecule has 0 spiro atoms. The van der Waals surface area contributed by atoms with Crippen LogP contribution in [0.1, 0.15) is 5.56 Å². The van der Waals surface area contributed by atoms with Gasteiger partial charge in [-0.15, -0.1) is 0 Å². The molecule has 6 nitrogen and oxygen atoms in total. The smallest absolute Gasteiger partial charge is 0.169 e. The van der Waals surface area contributed by atoms with Crippen molar-refractivity contribution in [3.8, 4) is 5.75 Å². The fourth-order valence-corrected chi connectivity index (χ4v) is 2.74. The quantitative estimate of drug-likeness (QED) is 0.374. The van der Waals surface area contributed by atoms with Gasteiger partial charge in [-0.05, 0) is 33.6 Å². The number of ether oxygens (including phenoxy) is 2. The predicted octanol–water partition coefficient (Wildman–Crippen LogP) is 1.40. The Balaban J connectivity index is 2.01. The maximum absolute atomic E-state index is 8.70. The van der Waals surface area contributed by atoms with Gasteiger partial charge in [-0.2, -0.15) is 0 Å². The highest BCUT2D eigenvalue weighted by Gasteiger charge is 2.23. The summed E-state index contributed by atoms with van der Waals surface area (Å²) in [6.45, 7) is 2.78. The summed E-state index contributed by atoms with van der Waals surface area (Å²) in [6.07, 6.45) is -0.351. The van der Waals surface area contributed by atoms with Crippen molar-refractivity contribution in [3.63, 3.8) is 0 Å². The predicted molar refractivity (Wildman–Crippen MR) is 79.1 cm³/mol. The van der Waals surface area contributed by atoms with Gasteiger partial charge in [0.2, 0.25) is 0 Å². The molecule has 0 amide bonds. The van der Waals surface area contributed by atoms with Crippen LogP contribution in [0.15, 0.2) is 27.8 Å². The molecule has 7 heteroatoms.